The molecule has 4 rings (SSSR count). The van der Waals surface area contributed by atoms with Gasteiger partial charge in [0.2, 0.25) is 10.0 Å². The average molecular weight is 434 g/mol. The quantitative estimate of drug-likeness (QED) is 0.669. The van der Waals surface area contributed by atoms with E-state index in [1.165, 1.54) is 0 Å². The standard InChI is InChI=1S/C24H23N3O3S/c1-31(29,30)26-22-13-12-21-11-10-20(16-25)24(28)27(21)23(22)15-17-6-5-9-19(14-17)18-7-3-2-4-8-18/h2-11,14,22-23,26H,12-13,15H2,1H3. The van der Waals surface area contributed by atoms with Crippen LogP contribution in [0.15, 0.2) is 71.5 Å². The maximum atomic E-state index is 13.0. The van der Waals surface area contributed by atoms with E-state index in [-0.39, 0.29) is 11.1 Å². The molecule has 0 spiro atoms. The molecular formula is C24H23N3O3S. The lowest BCUT2D eigenvalue weighted by atomic mass is 9.90. The van der Waals surface area contributed by atoms with Gasteiger partial charge in [-0.2, -0.15) is 5.26 Å². The van der Waals surface area contributed by atoms with Crippen LogP contribution in [-0.2, 0) is 22.9 Å². The number of benzene rings is 2. The molecule has 31 heavy (non-hydrogen) atoms. The summed E-state index contributed by atoms with van der Waals surface area (Å²) in [5.74, 6) is 0. The molecule has 0 saturated heterocycles. The molecule has 2 atom stereocenters. The fraction of sp³-hybridized carbons (Fsp3) is 0.250. The van der Waals surface area contributed by atoms with E-state index < -0.39 is 22.1 Å². The number of sulfonamides is 1. The number of hydrogen-bond donors (Lipinski definition) is 1. The molecule has 3 aromatic rings. The van der Waals surface area contributed by atoms with Crippen molar-refractivity contribution in [1.29, 1.82) is 5.26 Å². The Kier molecular flexibility index (Phi) is 5.77. The molecule has 1 aromatic heterocycles. The van der Waals surface area contributed by atoms with Crippen molar-refractivity contribution >= 4 is 10.0 Å². The van der Waals surface area contributed by atoms with Gasteiger partial charge in [-0.3, -0.25) is 4.79 Å². The second kappa shape index (κ2) is 8.50. The lowest BCUT2D eigenvalue weighted by molar-refractivity contribution is 0.315. The molecular weight excluding hydrogens is 410 g/mol. The zero-order valence-corrected chi connectivity index (χ0v) is 18.0. The summed E-state index contributed by atoms with van der Waals surface area (Å²) in [5, 5.41) is 9.34. The molecule has 1 aliphatic rings. The number of nitriles is 1. The highest BCUT2D eigenvalue weighted by Gasteiger charge is 2.32. The number of nitrogens with one attached hydrogen (secondary N) is 1. The van der Waals surface area contributed by atoms with Gasteiger partial charge in [-0.05, 0) is 48.1 Å². The van der Waals surface area contributed by atoms with E-state index in [4.69, 9.17) is 0 Å². The Labute approximate surface area is 181 Å². The number of rotatable bonds is 5. The van der Waals surface area contributed by atoms with Crippen molar-refractivity contribution in [2.24, 2.45) is 0 Å². The van der Waals surface area contributed by atoms with Crippen molar-refractivity contribution in [3.05, 3.63) is 93.9 Å². The van der Waals surface area contributed by atoms with E-state index in [2.05, 4.69) is 10.8 Å². The Bertz CT molecular complexity index is 1310. The van der Waals surface area contributed by atoms with Crippen molar-refractivity contribution in [3.63, 3.8) is 0 Å². The van der Waals surface area contributed by atoms with Crippen LogP contribution in [-0.4, -0.2) is 25.3 Å². The number of hydrogen-bond acceptors (Lipinski definition) is 4. The Morgan fingerprint density at radius 1 is 1.06 bits per heavy atom. The first-order valence-corrected chi connectivity index (χ1v) is 12.0. The highest BCUT2D eigenvalue weighted by atomic mass is 32.2. The number of aromatic nitrogens is 1. The molecule has 0 bridgehead atoms. The van der Waals surface area contributed by atoms with Crippen LogP contribution in [0.5, 0.6) is 0 Å². The molecule has 0 aliphatic carbocycles. The van der Waals surface area contributed by atoms with Crippen LogP contribution >= 0.6 is 0 Å². The summed E-state index contributed by atoms with van der Waals surface area (Å²) in [4.78, 5) is 13.0. The van der Waals surface area contributed by atoms with Gasteiger partial charge in [0.15, 0.2) is 0 Å². The van der Waals surface area contributed by atoms with Crippen LogP contribution in [0.4, 0.5) is 0 Å². The molecule has 1 N–H and O–H groups in total. The van der Waals surface area contributed by atoms with Crippen molar-refractivity contribution in [1.82, 2.24) is 9.29 Å². The van der Waals surface area contributed by atoms with Gasteiger partial charge in [-0.25, -0.2) is 13.1 Å². The van der Waals surface area contributed by atoms with E-state index in [1.54, 1.807) is 16.7 Å². The zero-order chi connectivity index (χ0) is 22.0. The summed E-state index contributed by atoms with van der Waals surface area (Å²) in [6, 6.07) is 22.5. The fourth-order valence-corrected chi connectivity index (χ4v) is 5.14. The van der Waals surface area contributed by atoms with E-state index in [0.717, 1.165) is 28.6 Å². The minimum atomic E-state index is -3.46. The minimum Gasteiger partial charge on any atom is -0.307 e. The Morgan fingerprint density at radius 2 is 1.81 bits per heavy atom. The predicted molar refractivity (Wildman–Crippen MR) is 120 cm³/mol. The van der Waals surface area contributed by atoms with E-state index in [1.807, 2.05) is 54.6 Å². The summed E-state index contributed by atoms with van der Waals surface area (Å²) in [7, 11) is -3.46. The number of pyridine rings is 1. The summed E-state index contributed by atoms with van der Waals surface area (Å²) >= 11 is 0. The monoisotopic (exact) mass is 433 g/mol. The molecule has 6 nitrogen and oxygen atoms in total. The smallest absolute Gasteiger partial charge is 0.268 e. The molecule has 0 radical (unpaired) electrons. The van der Waals surface area contributed by atoms with Gasteiger partial charge < -0.3 is 4.57 Å². The van der Waals surface area contributed by atoms with E-state index >= 15 is 0 Å². The molecule has 1 aliphatic heterocycles. The van der Waals surface area contributed by atoms with Gasteiger partial charge >= 0.3 is 0 Å². The summed E-state index contributed by atoms with van der Waals surface area (Å²) in [5.41, 5.74) is 3.65. The highest BCUT2D eigenvalue weighted by molar-refractivity contribution is 7.88. The molecule has 158 valence electrons. The first-order valence-electron chi connectivity index (χ1n) is 10.1. The van der Waals surface area contributed by atoms with Gasteiger partial charge in [-0.15, -0.1) is 0 Å². The van der Waals surface area contributed by atoms with Crippen LogP contribution in [0.25, 0.3) is 11.1 Å². The molecule has 2 aromatic carbocycles. The van der Waals surface area contributed by atoms with Crippen molar-refractivity contribution < 1.29 is 8.42 Å². The number of nitrogens with zero attached hydrogens (tertiary/aromatic N) is 2. The van der Waals surface area contributed by atoms with Crippen molar-refractivity contribution in [2.45, 2.75) is 31.3 Å². The molecule has 2 unspecified atom stereocenters. The normalized spacial score (nSPS) is 18.2. The van der Waals surface area contributed by atoms with Crippen LogP contribution < -0.4 is 10.3 Å². The minimum absolute atomic E-state index is 0.0618. The van der Waals surface area contributed by atoms with Crippen molar-refractivity contribution in [3.8, 4) is 17.2 Å². The van der Waals surface area contributed by atoms with Crippen LogP contribution in [0, 0.1) is 11.3 Å². The lowest BCUT2D eigenvalue weighted by Crippen LogP contribution is -2.48. The maximum absolute atomic E-state index is 13.0. The van der Waals surface area contributed by atoms with Gasteiger partial charge in [-0.1, -0.05) is 54.6 Å². The molecule has 2 heterocycles. The maximum Gasteiger partial charge on any atom is 0.268 e. The van der Waals surface area contributed by atoms with Gasteiger partial charge in [0, 0.05) is 11.7 Å². The topological polar surface area (TPSA) is 92.0 Å². The van der Waals surface area contributed by atoms with E-state index in [9.17, 15) is 18.5 Å². The molecule has 7 heteroatoms. The highest BCUT2D eigenvalue weighted by Crippen LogP contribution is 2.29. The Hall–Kier alpha value is -3.21. The first-order chi connectivity index (χ1) is 14.9. The van der Waals surface area contributed by atoms with Gasteiger partial charge in [0.05, 0.1) is 12.3 Å². The lowest BCUT2D eigenvalue weighted by Gasteiger charge is -2.35. The third kappa shape index (κ3) is 4.61. The second-order valence-electron chi connectivity index (χ2n) is 7.90. The third-order valence-corrected chi connectivity index (χ3v) is 6.40. The average Bonchev–Trinajstić information content (AvgIpc) is 2.75. The zero-order valence-electron chi connectivity index (χ0n) is 17.2. The third-order valence-electron chi connectivity index (χ3n) is 5.67. The predicted octanol–water partition coefficient (Wildman–Crippen LogP) is 3.03. The SMILES string of the molecule is CS(=O)(=O)NC1CCc2ccc(C#N)c(=O)n2C1Cc1cccc(-c2ccccc2)c1. The molecule has 0 saturated carbocycles. The van der Waals surface area contributed by atoms with E-state index in [0.29, 0.717) is 19.3 Å². The fourth-order valence-electron chi connectivity index (χ4n) is 4.32. The summed E-state index contributed by atoms with van der Waals surface area (Å²) < 4.78 is 28.3. The Balaban J connectivity index is 1.77. The summed E-state index contributed by atoms with van der Waals surface area (Å²) in [6.45, 7) is 0. The largest absolute Gasteiger partial charge is 0.307 e. The van der Waals surface area contributed by atoms with Gasteiger partial charge in [0.1, 0.15) is 11.6 Å². The van der Waals surface area contributed by atoms with Crippen LogP contribution in [0.2, 0.25) is 0 Å². The number of aryl methyl sites for hydroxylation is 1. The second-order valence-corrected chi connectivity index (χ2v) is 9.68. The Morgan fingerprint density at radius 3 is 2.52 bits per heavy atom. The number of fused-ring (bicyclic) bond motifs is 1. The first kappa shape index (κ1) is 21.0. The molecule has 0 amide bonds. The van der Waals surface area contributed by atoms with Crippen LogP contribution in [0.1, 0.15) is 29.3 Å². The molecule has 0 fully saturated rings. The van der Waals surface area contributed by atoms with Crippen LogP contribution in [0.3, 0.4) is 0 Å². The van der Waals surface area contributed by atoms with Gasteiger partial charge in [0.25, 0.3) is 5.56 Å². The van der Waals surface area contributed by atoms with Crippen molar-refractivity contribution in [2.75, 3.05) is 6.26 Å². The summed E-state index contributed by atoms with van der Waals surface area (Å²) in [6.07, 6.45) is 2.75.